The zero-order valence-corrected chi connectivity index (χ0v) is 12.2. The van der Waals surface area contributed by atoms with E-state index in [1.165, 1.54) is 12.8 Å². The lowest BCUT2D eigenvalue weighted by atomic mass is 10.2. The van der Waals surface area contributed by atoms with Crippen molar-refractivity contribution in [3.05, 3.63) is 40.7 Å². The van der Waals surface area contributed by atoms with Crippen molar-refractivity contribution in [1.29, 1.82) is 0 Å². The van der Waals surface area contributed by atoms with Crippen molar-refractivity contribution in [2.75, 3.05) is 5.32 Å². The van der Waals surface area contributed by atoms with Gasteiger partial charge in [-0.1, -0.05) is 23.7 Å². The van der Waals surface area contributed by atoms with E-state index in [2.05, 4.69) is 21.4 Å². The third-order valence-electron chi connectivity index (χ3n) is 3.34. The molecular weight excluding hydrogens is 290 g/mol. The van der Waals surface area contributed by atoms with Gasteiger partial charge in [-0.15, -0.1) is 11.3 Å². The Labute approximate surface area is 125 Å². The number of nitrogens with zero attached hydrogens (tertiary/aromatic N) is 2. The smallest absolute Gasteiger partial charge is 0.173 e. The molecular formula is C15H12ClN3S. The number of thiophene rings is 1. The molecule has 5 heteroatoms. The lowest BCUT2D eigenvalue weighted by molar-refractivity contribution is 1.11. The zero-order chi connectivity index (χ0) is 13.5. The summed E-state index contributed by atoms with van der Waals surface area (Å²) in [6, 6.07) is 10.5. The molecule has 3 nitrogen and oxygen atoms in total. The van der Waals surface area contributed by atoms with Crippen LogP contribution in [-0.2, 0) is 0 Å². The average molecular weight is 302 g/mol. The van der Waals surface area contributed by atoms with Gasteiger partial charge in [-0.3, -0.25) is 0 Å². The van der Waals surface area contributed by atoms with Crippen LogP contribution in [0.3, 0.4) is 0 Å². The van der Waals surface area contributed by atoms with Crippen LogP contribution in [0.1, 0.15) is 12.8 Å². The van der Waals surface area contributed by atoms with Gasteiger partial charge in [0.15, 0.2) is 5.82 Å². The Balaban J connectivity index is 1.91. The van der Waals surface area contributed by atoms with E-state index in [-0.39, 0.29) is 0 Å². The largest absolute Gasteiger partial charge is 0.367 e. The van der Waals surface area contributed by atoms with Gasteiger partial charge in [-0.2, -0.15) is 0 Å². The van der Waals surface area contributed by atoms with Crippen molar-refractivity contribution in [3.8, 4) is 10.7 Å². The molecule has 0 saturated heterocycles. The molecule has 20 heavy (non-hydrogen) atoms. The molecule has 0 aliphatic heterocycles. The summed E-state index contributed by atoms with van der Waals surface area (Å²) >= 11 is 7.78. The van der Waals surface area contributed by atoms with Gasteiger partial charge in [0.2, 0.25) is 0 Å². The molecule has 0 amide bonds. The standard InChI is InChI=1S/C15H12ClN3S/c16-11-7-8-20-13(11)15-18-12-4-2-1-3-10(12)14(19-15)17-9-5-6-9/h1-4,7-9H,5-6H2,(H,17,18,19). The van der Waals surface area contributed by atoms with E-state index in [4.69, 9.17) is 11.6 Å². The molecule has 1 N–H and O–H groups in total. The van der Waals surface area contributed by atoms with Gasteiger partial charge >= 0.3 is 0 Å². The van der Waals surface area contributed by atoms with Gasteiger partial charge in [0.05, 0.1) is 15.4 Å². The third-order valence-corrected chi connectivity index (χ3v) is 4.68. The maximum Gasteiger partial charge on any atom is 0.173 e. The maximum atomic E-state index is 6.21. The Morgan fingerprint density at radius 2 is 2.00 bits per heavy atom. The first kappa shape index (κ1) is 12.1. The van der Waals surface area contributed by atoms with Crippen LogP contribution in [0.4, 0.5) is 5.82 Å². The maximum absolute atomic E-state index is 6.21. The molecule has 2 aromatic heterocycles. The number of hydrogen-bond donors (Lipinski definition) is 1. The van der Waals surface area contributed by atoms with Crippen molar-refractivity contribution >= 4 is 39.7 Å². The van der Waals surface area contributed by atoms with E-state index in [0.717, 1.165) is 21.6 Å². The molecule has 4 rings (SSSR count). The number of nitrogens with one attached hydrogen (secondary N) is 1. The number of para-hydroxylation sites is 1. The van der Waals surface area contributed by atoms with E-state index in [0.29, 0.717) is 16.9 Å². The Morgan fingerprint density at radius 1 is 1.15 bits per heavy atom. The predicted octanol–water partition coefficient (Wildman–Crippen LogP) is 4.59. The minimum Gasteiger partial charge on any atom is -0.367 e. The second-order valence-electron chi connectivity index (χ2n) is 4.93. The molecule has 1 aliphatic carbocycles. The van der Waals surface area contributed by atoms with Crippen LogP contribution in [0, 0.1) is 0 Å². The van der Waals surface area contributed by atoms with Crippen molar-refractivity contribution in [2.24, 2.45) is 0 Å². The number of benzene rings is 1. The van der Waals surface area contributed by atoms with Crippen molar-refractivity contribution in [3.63, 3.8) is 0 Å². The van der Waals surface area contributed by atoms with E-state index < -0.39 is 0 Å². The van der Waals surface area contributed by atoms with Crippen molar-refractivity contribution in [1.82, 2.24) is 9.97 Å². The number of hydrogen-bond acceptors (Lipinski definition) is 4. The lowest BCUT2D eigenvalue weighted by Crippen LogP contribution is -2.05. The van der Waals surface area contributed by atoms with E-state index in [9.17, 15) is 0 Å². The van der Waals surface area contributed by atoms with Crippen LogP contribution in [0.2, 0.25) is 5.02 Å². The first-order valence-corrected chi connectivity index (χ1v) is 7.84. The minimum atomic E-state index is 0.556. The highest BCUT2D eigenvalue weighted by atomic mass is 35.5. The summed E-state index contributed by atoms with van der Waals surface area (Å²) < 4.78 is 0. The van der Waals surface area contributed by atoms with Crippen LogP contribution in [0.15, 0.2) is 35.7 Å². The average Bonchev–Trinajstić information content (AvgIpc) is 3.17. The van der Waals surface area contributed by atoms with Gasteiger partial charge in [0.1, 0.15) is 5.82 Å². The highest BCUT2D eigenvalue weighted by Gasteiger charge is 2.23. The Morgan fingerprint density at radius 3 is 2.75 bits per heavy atom. The summed E-state index contributed by atoms with van der Waals surface area (Å²) in [5, 5.41) is 7.23. The zero-order valence-electron chi connectivity index (χ0n) is 10.6. The molecule has 0 radical (unpaired) electrons. The molecule has 2 heterocycles. The minimum absolute atomic E-state index is 0.556. The molecule has 0 bridgehead atoms. The second kappa shape index (κ2) is 4.72. The summed E-state index contributed by atoms with van der Waals surface area (Å²) in [7, 11) is 0. The van der Waals surface area contributed by atoms with Crippen molar-refractivity contribution in [2.45, 2.75) is 18.9 Å². The molecule has 0 unspecified atom stereocenters. The molecule has 1 fully saturated rings. The fraction of sp³-hybridized carbons (Fsp3) is 0.200. The van der Waals surface area contributed by atoms with Gasteiger partial charge in [0, 0.05) is 11.4 Å². The van der Waals surface area contributed by atoms with Crippen LogP contribution in [0.5, 0.6) is 0 Å². The molecule has 1 aromatic carbocycles. The normalized spacial score (nSPS) is 14.7. The Bertz CT molecular complexity index is 780. The number of anilines is 1. The van der Waals surface area contributed by atoms with E-state index in [1.807, 2.05) is 29.6 Å². The first-order chi connectivity index (χ1) is 9.81. The monoisotopic (exact) mass is 301 g/mol. The van der Waals surface area contributed by atoms with Gasteiger partial charge in [-0.05, 0) is 36.4 Å². The number of aromatic nitrogens is 2. The fourth-order valence-electron chi connectivity index (χ4n) is 2.16. The summed E-state index contributed by atoms with van der Waals surface area (Å²) in [5.41, 5.74) is 0.949. The van der Waals surface area contributed by atoms with Crippen LogP contribution < -0.4 is 5.32 Å². The van der Waals surface area contributed by atoms with E-state index >= 15 is 0 Å². The SMILES string of the molecule is Clc1ccsc1-c1nc(NC2CC2)c2ccccc2n1. The quantitative estimate of drug-likeness (QED) is 0.769. The van der Waals surface area contributed by atoms with Crippen LogP contribution >= 0.6 is 22.9 Å². The number of fused-ring (bicyclic) bond motifs is 1. The topological polar surface area (TPSA) is 37.8 Å². The van der Waals surface area contributed by atoms with Gasteiger partial charge < -0.3 is 5.32 Å². The molecule has 1 aliphatic rings. The van der Waals surface area contributed by atoms with Gasteiger partial charge in [-0.25, -0.2) is 9.97 Å². The second-order valence-corrected chi connectivity index (χ2v) is 6.25. The predicted molar refractivity (Wildman–Crippen MR) is 84.5 cm³/mol. The Kier molecular flexibility index (Phi) is 2.86. The van der Waals surface area contributed by atoms with E-state index in [1.54, 1.807) is 11.3 Å². The summed E-state index contributed by atoms with van der Waals surface area (Å²) in [5.74, 6) is 1.62. The fourth-order valence-corrected chi connectivity index (χ4v) is 3.24. The molecule has 1 saturated carbocycles. The third kappa shape index (κ3) is 2.15. The van der Waals surface area contributed by atoms with Crippen LogP contribution in [0.25, 0.3) is 21.6 Å². The van der Waals surface area contributed by atoms with Gasteiger partial charge in [0.25, 0.3) is 0 Å². The number of rotatable bonds is 3. The molecule has 3 aromatic rings. The first-order valence-electron chi connectivity index (χ1n) is 6.58. The molecule has 0 atom stereocenters. The summed E-state index contributed by atoms with van der Waals surface area (Å²) in [6.07, 6.45) is 2.43. The molecule has 0 spiro atoms. The van der Waals surface area contributed by atoms with Crippen molar-refractivity contribution < 1.29 is 0 Å². The number of halogens is 1. The van der Waals surface area contributed by atoms with Crippen LogP contribution in [-0.4, -0.2) is 16.0 Å². The summed E-state index contributed by atoms with van der Waals surface area (Å²) in [4.78, 5) is 10.3. The molecule has 100 valence electrons. The lowest BCUT2D eigenvalue weighted by Gasteiger charge is -2.09. The summed E-state index contributed by atoms with van der Waals surface area (Å²) in [6.45, 7) is 0. The Hall–Kier alpha value is -1.65. The highest BCUT2D eigenvalue weighted by molar-refractivity contribution is 7.14. The highest BCUT2D eigenvalue weighted by Crippen LogP contribution is 2.34.